The number of aryl methyl sites for hydroxylation is 4. The Morgan fingerprint density at radius 2 is 1.70 bits per heavy atom. The summed E-state index contributed by atoms with van der Waals surface area (Å²) in [7, 11) is 1.61. The van der Waals surface area contributed by atoms with Gasteiger partial charge in [0.2, 0.25) is 0 Å². The molecule has 0 saturated heterocycles. The highest BCUT2D eigenvalue weighted by Crippen LogP contribution is 2.26. The summed E-state index contributed by atoms with van der Waals surface area (Å²) in [6.07, 6.45) is 3.51. The molecule has 37 heavy (non-hydrogen) atoms. The van der Waals surface area contributed by atoms with E-state index in [0.29, 0.717) is 18.7 Å². The van der Waals surface area contributed by atoms with Crippen LogP contribution in [-0.2, 0) is 13.0 Å². The van der Waals surface area contributed by atoms with E-state index >= 15 is 0 Å². The lowest BCUT2D eigenvalue weighted by molar-refractivity contribution is 0.0953. The Morgan fingerprint density at radius 3 is 2.43 bits per heavy atom. The molecule has 0 aliphatic heterocycles. The molecule has 0 aliphatic carbocycles. The first-order valence-corrected chi connectivity index (χ1v) is 13.1. The number of rotatable bonds is 12. The van der Waals surface area contributed by atoms with Gasteiger partial charge in [-0.2, -0.15) is 0 Å². The Bertz CT molecular complexity index is 1330. The third-order valence-corrected chi connectivity index (χ3v) is 7.00. The van der Waals surface area contributed by atoms with E-state index in [1.54, 1.807) is 31.4 Å². The van der Waals surface area contributed by atoms with Crippen molar-refractivity contribution in [3.05, 3.63) is 88.2 Å². The van der Waals surface area contributed by atoms with Gasteiger partial charge in [-0.3, -0.25) is 4.79 Å². The monoisotopic (exact) mass is 519 g/mol. The maximum absolute atomic E-state index is 12.4. The molecule has 0 spiro atoms. The van der Waals surface area contributed by atoms with Gasteiger partial charge in [0.05, 0.1) is 24.8 Å². The van der Waals surface area contributed by atoms with Crippen LogP contribution in [0.3, 0.4) is 0 Å². The first-order chi connectivity index (χ1) is 18.0. The number of nitrogens with zero attached hydrogens (tertiary/aromatic N) is 2. The molecule has 4 rings (SSSR count). The van der Waals surface area contributed by atoms with Gasteiger partial charge < -0.3 is 19.4 Å². The Balaban J connectivity index is 1.29. The molecule has 0 fully saturated rings. The second-order valence-electron chi connectivity index (χ2n) is 9.18. The number of benzene rings is 3. The smallest absolute Gasteiger partial charge is 0.251 e. The standard InChI is InChI=1S/C30H34ClN3O3/c1-21-19-25(20-22(2)29(21)31)37-18-7-6-17-34-27-10-5-4-9-26(27)33-28(34)11-8-16-32-30(35)23-12-14-24(36-3)15-13-23/h4-5,9-10,12-15,19-20H,6-8,11,16-18H2,1-3H3,(H,32,35). The summed E-state index contributed by atoms with van der Waals surface area (Å²) in [5, 5.41) is 3.80. The first kappa shape index (κ1) is 26.6. The van der Waals surface area contributed by atoms with Crippen molar-refractivity contribution in [1.82, 2.24) is 14.9 Å². The molecule has 1 heterocycles. The molecule has 3 aromatic carbocycles. The van der Waals surface area contributed by atoms with Crippen LogP contribution in [0.2, 0.25) is 5.02 Å². The van der Waals surface area contributed by atoms with E-state index in [9.17, 15) is 4.79 Å². The van der Waals surface area contributed by atoms with Gasteiger partial charge in [-0.05, 0) is 92.8 Å². The SMILES string of the molecule is COc1ccc(C(=O)NCCCc2nc3ccccc3n2CCCCOc2cc(C)c(Cl)c(C)c2)cc1. The Labute approximate surface area is 223 Å². The van der Waals surface area contributed by atoms with Crippen molar-refractivity contribution < 1.29 is 14.3 Å². The van der Waals surface area contributed by atoms with Crippen molar-refractivity contribution in [2.45, 2.75) is 46.1 Å². The van der Waals surface area contributed by atoms with Gasteiger partial charge in [0.25, 0.3) is 5.91 Å². The van der Waals surface area contributed by atoms with Crippen LogP contribution in [-0.4, -0.2) is 35.7 Å². The second-order valence-corrected chi connectivity index (χ2v) is 9.56. The van der Waals surface area contributed by atoms with Crippen molar-refractivity contribution in [2.24, 2.45) is 0 Å². The summed E-state index contributed by atoms with van der Waals surface area (Å²) in [6, 6.07) is 19.3. The average Bonchev–Trinajstić information content (AvgIpc) is 3.26. The summed E-state index contributed by atoms with van der Waals surface area (Å²) in [4.78, 5) is 17.3. The number of carbonyl (C=O) groups is 1. The number of hydrogen-bond donors (Lipinski definition) is 1. The van der Waals surface area contributed by atoms with E-state index < -0.39 is 0 Å². The minimum atomic E-state index is -0.0813. The van der Waals surface area contributed by atoms with Crippen molar-refractivity contribution in [3.63, 3.8) is 0 Å². The van der Waals surface area contributed by atoms with Crippen LogP contribution in [0.1, 0.15) is 46.6 Å². The number of carbonyl (C=O) groups excluding carboxylic acids is 1. The quantitative estimate of drug-likeness (QED) is 0.216. The predicted molar refractivity (Wildman–Crippen MR) is 149 cm³/mol. The Morgan fingerprint density at radius 1 is 0.973 bits per heavy atom. The first-order valence-electron chi connectivity index (χ1n) is 12.7. The van der Waals surface area contributed by atoms with Gasteiger partial charge in [0.15, 0.2) is 0 Å². The van der Waals surface area contributed by atoms with Crippen LogP contribution < -0.4 is 14.8 Å². The van der Waals surface area contributed by atoms with Crippen LogP contribution in [0.4, 0.5) is 0 Å². The molecule has 7 heteroatoms. The van der Waals surface area contributed by atoms with E-state index in [4.69, 9.17) is 26.1 Å². The molecular weight excluding hydrogens is 486 g/mol. The van der Waals surface area contributed by atoms with E-state index in [0.717, 1.165) is 76.7 Å². The minimum Gasteiger partial charge on any atom is -0.497 e. The maximum Gasteiger partial charge on any atom is 0.251 e. The van der Waals surface area contributed by atoms with E-state index in [1.165, 1.54) is 0 Å². The molecule has 0 aliphatic rings. The summed E-state index contributed by atoms with van der Waals surface area (Å²) < 4.78 is 13.4. The molecular formula is C30H34ClN3O3. The zero-order valence-electron chi connectivity index (χ0n) is 21.7. The highest BCUT2D eigenvalue weighted by molar-refractivity contribution is 6.32. The van der Waals surface area contributed by atoms with Crippen molar-refractivity contribution in [3.8, 4) is 11.5 Å². The molecule has 0 atom stereocenters. The minimum absolute atomic E-state index is 0.0813. The lowest BCUT2D eigenvalue weighted by Crippen LogP contribution is -2.25. The number of methoxy groups -OCH3 is 1. The molecule has 194 valence electrons. The molecule has 1 N–H and O–H groups in total. The molecule has 0 saturated carbocycles. The molecule has 1 aromatic heterocycles. The lowest BCUT2D eigenvalue weighted by Gasteiger charge is -2.12. The fraction of sp³-hybridized carbons (Fsp3) is 0.333. The van der Waals surface area contributed by atoms with Crippen molar-refractivity contribution >= 4 is 28.5 Å². The molecule has 0 radical (unpaired) electrons. The fourth-order valence-electron chi connectivity index (χ4n) is 4.41. The number of para-hydroxylation sites is 2. The molecule has 0 bridgehead atoms. The van der Waals surface area contributed by atoms with Gasteiger partial charge in [-0.15, -0.1) is 0 Å². The molecule has 4 aromatic rings. The summed E-state index contributed by atoms with van der Waals surface area (Å²) in [5.74, 6) is 2.56. The number of halogens is 1. The number of aromatic nitrogens is 2. The number of amides is 1. The topological polar surface area (TPSA) is 65.4 Å². The van der Waals surface area contributed by atoms with Crippen molar-refractivity contribution in [1.29, 1.82) is 0 Å². The fourth-order valence-corrected chi connectivity index (χ4v) is 4.52. The van der Waals surface area contributed by atoms with Gasteiger partial charge >= 0.3 is 0 Å². The van der Waals surface area contributed by atoms with Gasteiger partial charge in [-0.1, -0.05) is 23.7 Å². The third kappa shape index (κ3) is 6.83. The number of imidazole rings is 1. The van der Waals surface area contributed by atoms with Gasteiger partial charge in [-0.25, -0.2) is 4.98 Å². The van der Waals surface area contributed by atoms with Crippen molar-refractivity contribution in [2.75, 3.05) is 20.3 Å². The number of hydrogen-bond acceptors (Lipinski definition) is 4. The van der Waals surface area contributed by atoms with Crippen LogP contribution in [0.5, 0.6) is 11.5 Å². The maximum atomic E-state index is 12.4. The van der Waals surface area contributed by atoms with E-state index in [-0.39, 0.29) is 5.91 Å². The largest absolute Gasteiger partial charge is 0.497 e. The summed E-state index contributed by atoms with van der Waals surface area (Å²) in [5.41, 5.74) is 4.84. The van der Waals surface area contributed by atoms with Gasteiger partial charge in [0, 0.05) is 30.1 Å². The molecule has 6 nitrogen and oxygen atoms in total. The highest BCUT2D eigenvalue weighted by Gasteiger charge is 2.11. The number of unbranched alkanes of at least 4 members (excludes halogenated alkanes) is 1. The highest BCUT2D eigenvalue weighted by atomic mass is 35.5. The average molecular weight is 520 g/mol. The second kappa shape index (κ2) is 12.6. The number of nitrogens with one attached hydrogen (secondary N) is 1. The zero-order valence-corrected chi connectivity index (χ0v) is 22.5. The van der Waals surface area contributed by atoms with E-state index in [2.05, 4.69) is 22.0 Å². The zero-order chi connectivity index (χ0) is 26.2. The van der Waals surface area contributed by atoms with Crippen LogP contribution in [0, 0.1) is 13.8 Å². The van der Waals surface area contributed by atoms with Crippen LogP contribution in [0.15, 0.2) is 60.7 Å². The summed E-state index contributed by atoms with van der Waals surface area (Å²) >= 11 is 6.26. The predicted octanol–water partition coefficient (Wildman–Crippen LogP) is 6.54. The molecule has 1 amide bonds. The third-order valence-electron chi connectivity index (χ3n) is 6.40. The Hall–Kier alpha value is -3.51. The summed E-state index contributed by atoms with van der Waals surface area (Å²) in [6.45, 7) is 6.11. The van der Waals surface area contributed by atoms with Crippen LogP contribution in [0.25, 0.3) is 11.0 Å². The lowest BCUT2D eigenvalue weighted by atomic mass is 10.1. The van der Waals surface area contributed by atoms with E-state index in [1.807, 2.05) is 38.1 Å². The number of fused-ring (bicyclic) bond motifs is 1. The normalized spacial score (nSPS) is 11.0. The van der Waals surface area contributed by atoms with Crippen LogP contribution >= 0.6 is 11.6 Å². The Kier molecular flexibility index (Phi) is 9.07. The molecule has 0 unspecified atom stereocenters. The van der Waals surface area contributed by atoms with Gasteiger partial charge in [0.1, 0.15) is 17.3 Å². The number of ether oxygens (including phenoxy) is 2.